The number of benzene rings is 1. The molecule has 23 heavy (non-hydrogen) atoms. The van der Waals surface area contributed by atoms with E-state index in [2.05, 4.69) is 5.32 Å². The van der Waals surface area contributed by atoms with E-state index in [9.17, 15) is 14.4 Å². The number of nitrogens with one attached hydrogen (secondary N) is 1. The quantitative estimate of drug-likeness (QED) is 0.899. The van der Waals surface area contributed by atoms with Crippen LogP contribution in [0.4, 0.5) is 0 Å². The molecule has 0 aromatic heterocycles. The van der Waals surface area contributed by atoms with Crippen molar-refractivity contribution in [3.05, 3.63) is 34.9 Å². The summed E-state index contributed by atoms with van der Waals surface area (Å²) in [6, 6.07) is 6.27. The number of hydrogen-bond acceptors (Lipinski definition) is 3. The van der Waals surface area contributed by atoms with E-state index < -0.39 is 6.04 Å². The fourth-order valence-electron chi connectivity index (χ4n) is 2.57. The fraction of sp³-hybridized carbons (Fsp3) is 0.438. The van der Waals surface area contributed by atoms with Crippen molar-refractivity contribution in [2.45, 2.75) is 19.9 Å². The summed E-state index contributed by atoms with van der Waals surface area (Å²) in [6.07, 6.45) is 0. The molecule has 1 atom stereocenters. The normalized spacial score (nSPS) is 16.0. The molecular formula is C16H20ClN3O3. The Morgan fingerprint density at radius 2 is 1.74 bits per heavy atom. The molecule has 7 heteroatoms. The Bertz CT molecular complexity index is 612. The van der Waals surface area contributed by atoms with Crippen LogP contribution in [0.3, 0.4) is 0 Å². The molecule has 1 aromatic carbocycles. The van der Waals surface area contributed by atoms with Gasteiger partial charge in [0.05, 0.1) is 0 Å². The highest BCUT2D eigenvalue weighted by atomic mass is 35.5. The number of carbonyl (C=O) groups excluding carboxylic acids is 3. The third kappa shape index (κ3) is 4.45. The molecule has 1 aromatic rings. The molecule has 0 aliphatic carbocycles. The minimum absolute atomic E-state index is 0.0884. The van der Waals surface area contributed by atoms with Gasteiger partial charge in [-0.2, -0.15) is 0 Å². The van der Waals surface area contributed by atoms with Gasteiger partial charge in [0.25, 0.3) is 5.91 Å². The summed E-state index contributed by atoms with van der Waals surface area (Å²) >= 11 is 5.91. The van der Waals surface area contributed by atoms with Crippen molar-refractivity contribution in [1.29, 1.82) is 0 Å². The number of piperazine rings is 1. The van der Waals surface area contributed by atoms with Crippen LogP contribution >= 0.6 is 11.6 Å². The largest absolute Gasteiger partial charge is 0.345 e. The van der Waals surface area contributed by atoms with Crippen LogP contribution in [-0.4, -0.2) is 59.7 Å². The number of carbonyl (C=O) groups is 3. The van der Waals surface area contributed by atoms with Gasteiger partial charge in [-0.15, -0.1) is 0 Å². The number of halogens is 1. The first kappa shape index (κ1) is 17.3. The van der Waals surface area contributed by atoms with Gasteiger partial charge < -0.3 is 15.1 Å². The van der Waals surface area contributed by atoms with Crippen molar-refractivity contribution in [2.75, 3.05) is 26.2 Å². The molecule has 3 amide bonds. The summed E-state index contributed by atoms with van der Waals surface area (Å²) in [7, 11) is 0. The van der Waals surface area contributed by atoms with Crippen LogP contribution in [0.25, 0.3) is 0 Å². The van der Waals surface area contributed by atoms with Gasteiger partial charge in [0, 0.05) is 43.7 Å². The first-order valence-corrected chi connectivity index (χ1v) is 7.87. The molecule has 0 spiro atoms. The average molecular weight is 338 g/mol. The summed E-state index contributed by atoms with van der Waals surface area (Å²) in [5, 5.41) is 3.10. The number of amides is 3. The number of nitrogens with zero attached hydrogens (tertiary/aromatic N) is 2. The Hall–Kier alpha value is -2.08. The fourth-order valence-corrected chi connectivity index (χ4v) is 2.76. The van der Waals surface area contributed by atoms with Crippen LogP contribution in [0.5, 0.6) is 0 Å². The minimum atomic E-state index is -0.553. The summed E-state index contributed by atoms with van der Waals surface area (Å²) in [5.41, 5.74) is 0.545. The summed E-state index contributed by atoms with van der Waals surface area (Å²) < 4.78 is 0. The van der Waals surface area contributed by atoms with Gasteiger partial charge in [0.2, 0.25) is 11.8 Å². The van der Waals surface area contributed by atoms with Gasteiger partial charge in [-0.3, -0.25) is 14.4 Å². The maximum atomic E-state index is 12.4. The van der Waals surface area contributed by atoms with E-state index in [4.69, 9.17) is 11.6 Å². The molecule has 0 unspecified atom stereocenters. The molecule has 1 saturated heterocycles. The highest BCUT2D eigenvalue weighted by molar-refractivity contribution is 6.30. The number of hydrogen-bond donors (Lipinski definition) is 1. The summed E-state index contributed by atoms with van der Waals surface area (Å²) in [6.45, 7) is 4.87. The zero-order chi connectivity index (χ0) is 17.0. The van der Waals surface area contributed by atoms with Crippen molar-refractivity contribution in [3.8, 4) is 0 Å². The minimum Gasteiger partial charge on any atom is -0.345 e. The van der Waals surface area contributed by atoms with Gasteiger partial charge >= 0.3 is 0 Å². The Balaban J connectivity index is 1.92. The topological polar surface area (TPSA) is 69.7 Å². The molecule has 1 heterocycles. The molecule has 1 N–H and O–H groups in total. The molecule has 1 aliphatic rings. The van der Waals surface area contributed by atoms with Crippen LogP contribution in [0, 0.1) is 0 Å². The number of rotatable bonds is 3. The average Bonchev–Trinajstić information content (AvgIpc) is 2.53. The highest BCUT2D eigenvalue weighted by Gasteiger charge is 2.27. The van der Waals surface area contributed by atoms with Crippen molar-refractivity contribution >= 4 is 29.3 Å². The van der Waals surface area contributed by atoms with E-state index in [0.717, 1.165) is 0 Å². The van der Waals surface area contributed by atoms with Gasteiger partial charge in [0.1, 0.15) is 6.04 Å². The molecule has 0 bridgehead atoms. The first-order chi connectivity index (χ1) is 10.9. The van der Waals surface area contributed by atoms with Gasteiger partial charge in [0.15, 0.2) is 0 Å². The lowest BCUT2D eigenvalue weighted by atomic mass is 10.1. The predicted octanol–water partition coefficient (Wildman–Crippen LogP) is 1.15. The maximum Gasteiger partial charge on any atom is 0.254 e. The van der Waals surface area contributed by atoms with Crippen LogP contribution in [-0.2, 0) is 9.59 Å². The van der Waals surface area contributed by atoms with Gasteiger partial charge in [-0.1, -0.05) is 17.7 Å². The summed E-state index contributed by atoms with van der Waals surface area (Å²) in [4.78, 5) is 39.0. The Kier molecular flexibility index (Phi) is 5.60. The van der Waals surface area contributed by atoms with Crippen LogP contribution in [0.15, 0.2) is 24.3 Å². The second-order valence-corrected chi connectivity index (χ2v) is 5.99. The van der Waals surface area contributed by atoms with Crippen molar-refractivity contribution in [2.24, 2.45) is 0 Å². The first-order valence-electron chi connectivity index (χ1n) is 7.49. The lowest BCUT2D eigenvalue weighted by Gasteiger charge is -2.36. The van der Waals surface area contributed by atoms with Gasteiger partial charge in [-0.05, 0) is 25.1 Å². The van der Waals surface area contributed by atoms with E-state index in [1.807, 2.05) is 0 Å². The molecule has 124 valence electrons. The monoisotopic (exact) mass is 337 g/mol. The molecule has 0 radical (unpaired) electrons. The van der Waals surface area contributed by atoms with Crippen molar-refractivity contribution in [1.82, 2.24) is 15.1 Å². The second-order valence-electron chi connectivity index (χ2n) is 5.55. The van der Waals surface area contributed by atoms with Gasteiger partial charge in [-0.25, -0.2) is 0 Å². The molecule has 1 fully saturated rings. The molecule has 6 nitrogen and oxygen atoms in total. The van der Waals surface area contributed by atoms with E-state index in [0.29, 0.717) is 36.8 Å². The van der Waals surface area contributed by atoms with Crippen molar-refractivity contribution in [3.63, 3.8) is 0 Å². The van der Waals surface area contributed by atoms with Crippen LogP contribution in [0.2, 0.25) is 5.02 Å². The Morgan fingerprint density at radius 1 is 1.13 bits per heavy atom. The van der Waals surface area contributed by atoms with Crippen LogP contribution in [0.1, 0.15) is 24.2 Å². The molecule has 1 aliphatic heterocycles. The third-order valence-electron chi connectivity index (χ3n) is 3.74. The second kappa shape index (κ2) is 7.46. The van der Waals surface area contributed by atoms with Crippen LogP contribution < -0.4 is 5.32 Å². The third-order valence-corrected chi connectivity index (χ3v) is 3.98. The lowest BCUT2D eigenvalue weighted by molar-refractivity contribution is -0.136. The molecule has 2 rings (SSSR count). The Morgan fingerprint density at radius 3 is 2.30 bits per heavy atom. The highest BCUT2D eigenvalue weighted by Crippen LogP contribution is 2.14. The lowest BCUT2D eigenvalue weighted by Crippen LogP contribution is -2.55. The van der Waals surface area contributed by atoms with E-state index in [1.54, 1.807) is 41.0 Å². The maximum absolute atomic E-state index is 12.4. The van der Waals surface area contributed by atoms with E-state index >= 15 is 0 Å². The smallest absolute Gasteiger partial charge is 0.254 e. The standard InChI is InChI=1S/C16H20ClN3O3/c1-11(18-12(2)21)15(22)19-6-8-20(9-7-19)16(23)13-4-3-5-14(17)10-13/h3-5,10-11H,6-9H2,1-2H3,(H,18,21)/t11-/m0/s1. The molecular weight excluding hydrogens is 318 g/mol. The Labute approximate surface area is 140 Å². The SMILES string of the molecule is CC(=O)N[C@@H](C)C(=O)N1CCN(C(=O)c2cccc(Cl)c2)CC1. The summed E-state index contributed by atoms with van der Waals surface area (Å²) in [5.74, 6) is -0.454. The predicted molar refractivity (Wildman–Crippen MR) is 87.2 cm³/mol. The van der Waals surface area contributed by atoms with E-state index in [1.165, 1.54) is 6.92 Å². The van der Waals surface area contributed by atoms with E-state index in [-0.39, 0.29) is 17.7 Å². The van der Waals surface area contributed by atoms with Crippen molar-refractivity contribution < 1.29 is 14.4 Å². The zero-order valence-electron chi connectivity index (χ0n) is 13.2. The zero-order valence-corrected chi connectivity index (χ0v) is 14.0. The molecule has 0 saturated carbocycles.